The first-order valence-corrected chi connectivity index (χ1v) is 7.02. The van der Waals surface area contributed by atoms with E-state index in [4.69, 9.17) is 20.4 Å². The summed E-state index contributed by atoms with van der Waals surface area (Å²) in [6.07, 6.45) is 2.08. The first kappa shape index (κ1) is 15.7. The first-order chi connectivity index (χ1) is 9.97. The number of ether oxygens (including phenoxy) is 2. The maximum atomic E-state index is 13.5. The number of nitrogens with two attached hydrogens (primary N) is 1. The fourth-order valence-corrected chi connectivity index (χ4v) is 2.63. The molecule has 0 spiro atoms. The first-order valence-electron chi connectivity index (χ1n) is 7.02. The fraction of sp³-hybridized carbons (Fsp3) is 0.533. The maximum Gasteiger partial charge on any atom is 0.170 e. The number of oxime groups is 1. The van der Waals surface area contributed by atoms with Crippen LogP contribution in [0.15, 0.2) is 23.4 Å². The summed E-state index contributed by atoms with van der Waals surface area (Å²) in [6.45, 7) is 4.32. The molecule has 0 radical (unpaired) electrons. The molecule has 2 atom stereocenters. The van der Waals surface area contributed by atoms with Crippen LogP contribution in [0.3, 0.4) is 0 Å². The largest absolute Gasteiger partial charge is 0.409 e. The van der Waals surface area contributed by atoms with Crippen molar-refractivity contribution in [2.24, 2.45) is 10.9 Å². The van der Waals surface area contributed by atoms with Crippen LogP contribution >= 0.6 is 0 Å². The van der Waals surface area contributed by atoms with Crippen LogP contribution in [0.25, 0.3) is 0 Å². The molecule has 0 amide bonds. The second-order valence-electron chi connectivity index (χ2n) is 5.50. The van der Waals surface area contributed by atoms with Crippen LogP contribution in [0.5, 0.6) is 0 Å². The molecule has 1 fully saturated rings. The molecule has 0 aromatic heterocycles. The zero-order chi connectivity index (χ0) is 15.4. The fourth-order valence-electron chi connectivity index (χ4n) is 2.63. The van der Waals surface area contributed by atoms with Gasteiger partial charge in [0.2, 0.25) is 0 Å². The average molecular weight is 296 g/mol. The molecule has 3 N–H and O–H groups in total. The van der Waals surface area contributed by atoms with Crippen LogP contribution in [0.1, 0.15) is 37.8 Å². The number of amidine groups is 1. The van der Waals surface area contributed by atoms with E-state index in [0.717, 1.165) is 12.8 Å². The topological polar surface area (TPSA) is 77.1 Å². The Balaban J connectivity index is 2.01. The van der Waals surface area contributed by atoms with Crippen LogP contribution in [-0.4, -0.2) is 29.4 Å². The molecule has 1 saturated heterocycles. The lowest BCUT2D eigenvalue weighted by atomic mass is 10.0. The maximum absolute atomic E-state index is 13.5. The predicted molar refractivity (Wildman–Crippen MR) is 76.7 cm³/mol. The van der Waals surface area contributed by atoms with E-state index in [1.54, 1.807) is 6.07 Å². The molecule has 1 aromatic carbocycles. The van der Waals surface area contributed by atoms with Crippen molar-refractivity contribution in [1.82, 2.24) is 0 Å². The van der Waals surface area contributed by atoms with Gasteiger partial charge in [-0.25, -0.2) is 4.39 Å². The normalized spacial score (nSPS) is 26.8. The Morgan fingerprint density at radius 3 is 2.67 bits per heavy atom. The van der Waals surface area contributed by atoms with Crippen molar-refractivity contribution in [3.05, 3.63) is 35.1 Å². The van der Waals surface area contributed by atoms with Gasteiger partial charge in [0.05, 0.1) is 24.9 Å². The summed E-state index contributed by atoms with van der Waals surface area (Å²) in [7, 11) is 0. The van der Waals surface area contributed by atoms with E-state index in [1.165, 1.54) is 12.1 Å². The van der Waals surface area contributed by atoms with E-state index < -0.39 is 5.82 Å². The standard InChI is InChI=1S/C15H21FN2O3/c1-9-3-14(4-10(2)21-9)20-8-11-5-12(15(17)18-19)7-13(16)6-11/h5-7,9-10,14,19H,3-4,8H2,1-2H3,(H2,17,18). The highest BCUT2D eigenvalue weighted by Gasteiger charge is 2.24. The molecule has 5 nitrogen and oxygen atoms in total. The van der Waals surface area contributed by atoms with E-state index in [0.29, 0.717) is 11.1 Å². The lowest BCUT2D eigenvalue weighted by Crippen LogP contribution is -2.34. The van der Waals surface area contributed by atoms with Crippen LogP contribution in [0.2, 0.25) is 0 Å². The smallest absolute Gasteiger partial charge is 0.170 e. The van der Waals surface area contributed by atoms with E-state index in [2.05, 4.69) is 5.16 Å². The highest BCUT2D eigenvalue weighted by Crippen LogP contribution is 2.23. The molecule has 0 saturated carbocycles. The molecule has 2 rings (SSSR count). The van der Waals surface area contributed by atoms with Gasteiger partial charge >= 0.3 is 0 Å². The van der Waals surface area contributed by atoms with Crippen molar-refractivity contribution in [3.8, 4) is 0 Å². The molecule has 2 unspecified atom stereocenters. The third-order valence-corrected chi connectivity index (χ3v) is 3.50. The molecule has 1 aliphatic rings. The minimum absolute atomic E-state index is 0.0966. The minimum Gasteiger partial charge on any atom is -0.409 e. The van der Waals surface area contributed by atoms with Crippen LogP contribution < -0.4 is 5.73 Å². The van der Waals surface area contributed by atoms with Gasteiger partial charge in [-0.1, -0.05) is 5.16 Å². The van der Waals surface area contributed by atoms with Crippen molar-refractivity contribution in [1.29, 1.82) is 0 Å². The Labute approximate surface area is 123 Å². The number of halogens is 1. The van der Waals surface area contributed by atoms with Gasteiger partial charge in [0.1, 0.15) is 5.82 Å². The number of benzene rings is 1. The predicted octanol–water partition coefficient (Wildman–Crippen LogP) is 2.39. The molecule has 6 heteroatoms. The van der Waals surface area contributed by atoms with Gasteiger partial charge in [-0.3, -0.25) is 0 Å². The van der Waals surface area contributed by atoms with Crippen molar-refractivity contribution >= 4 is 5.84 Å². The number of hydrogen-bond donors (Lipinski definition) is 2. The van der Waals surface area contributed by atoms with Crippen molar-refractivity contribution in [2.45, 2.75) is 51.6 Å². The molecular weight excluding hydrogens is 275 g/mol. The third-order valence-electron chi connectivity index (χ3n) is 3.50. The van der Waals surface area contributed by atoms with Crippen molar-refractivity contribution < 1.29 is 19.1 Å². The lowest BCUT2D eigenvalue weighted by Gasteiger charge is -2.32. The van der Waals surface area contributed by atoms with E-state index in [1.807, 2.05) is 13.8 Å². The Morgan fingerprint density at radius 2 is 2.05 bits per heavy atom. The third kappa shape index (κ3) is 4.41. The monoisotopic (exact) mass is 296 g/mol. The second-order valence-corrected chi connectivity index (χ2v) is 5.50. The SMILES string of the molecule is CC1CC(OCc2cc(F)cc(/C(N)=N/O)c2)CC(C)O1. The van der Waals surface area contributed by atoms with Crippen LogP contribution in [0.4, 0.5) is 4.39 Å². The Bertz CT molecular complexity index is 512. The van der Waals surface area contributed by atoms with Gasteiger partial charge in [0, 0.05) is 5.56 Å². The summed E-state index contributed by atoms with van der Waals surface area (Å²) in [6, 6.07) is 4.27. The van der Waals surface area contributed by atoms with Gasteiger partial charge in [0.25, 0.3) is 0 Å². The quantitative estimate of drug-likeness (QED) is 0.387. The van der Waals surface area contributed by atoms with Gasteiger partial charge in [-0.05, 0) is 50.5 Å². The van der Waals surface area contributed by atoms with Gasteiger partial charge in [-0.2, -0.15) is 0 Å². The molecule has 0 aliphatic carbocycles. The summed E-state index contributed by atoms with van der Waals surface area (Å²) >= 11 is 0. The second kappa shape index (κ2) is 6.87. The number of rotatable bonds is 4. The highest BCUT2D eigenvalue weighted by molar-refractivity contribution is 5.97. The molecule has 21 heavy (non-hydrogen) atoms. The van der Waals surface area contributed by atoms with Gasteiger partial charge in [-0.15, -0.1) is 0 Å². The van der Waals surface area contributed by atoms with Crippen molar-refractivity contribution in [3.63, 3.8) is 0 Å². The zero-order valence-corrected chi connectivity index (χ0v) is 12.3. The molecule has 1 heterocycles. The molecule has 116 valence electrons. The minimum atomic E-state index is -0.439. The zero-order valence-electron chi connectivity index (χ0n) is 12.3. The van der Waals surface area contributed by atoms with Gasteiger partial charge < -0.3 is 20.4 Å². The van der Waals surface area contributed by atoms with Crippen LogP contribution in [0, 0.1) is 5.82 Å². The number of nitrogens with zero attached hydrogens (tertiary/aromatic N) is 1. The molecule has 1 aliphatic heterocycles. The highest BCUT2D eigenvalue weighted by atomic mass is 19.1. The van der Waals surface area contributed by atoms with E-state index >= 15 is 0 Å². The molecule has 1 aromatic rings. The Hall–Kier alpha value is -1.66. The Kier molecular flexibility index (Phi) is 5.14. The summed E-state index contributed by atoms with van der Waals surface area (Å²) in [4.78, 5) is 0. The number of hydrogen-bond acceptors (Lipinski definition) is 4. The van der Waals surface area contributed by atoms with E-state index in [9.17, 15) is 4.39 Å². The summed E-state index contributed by atoms with van der Waals surface area (Å²) < 4.78 is 25.0. The molecule has 0 bridgehead atoms. The summed E-state index contributed by atoms with van der Waals surface area (Å²) in [5.74, 6) is -0.560. The van der Waals surface area contributed by atoms with Gasteiger partial charge in [0.15, 0.2) is 5.84 Å². The molecular formula is C15H21FN2O3. The average Bonchev–Trinajstić information content (AvgIpc) is 2.42. The summed E-state index contributed by atoms with van der Waals surface area (Å²) in [5.41, 5.74) is 6.48. The van der Waals surface area contributed by atoms with Crippen molar-refractivity contribution in [2.75, 3.05) is 0 Å². The van der Waals surface area contributed by atoms with Crippen LogP contribution in [-0.2, 0) is 16.1 Å². The Morgan fingerprint density at radius 1 is 1.38 bits per heavy atom. The van der Waals surface area contributed by atoms with E-state index in [-0.39, 0.29) is 30.8 Å². The lowest BCUT2D eigenvalue weighted by molar-refractivity contribution is -0.106. The summed E-state index contributed by atoms with van der Waals surface area (Å²) in [5, 5.41) is 11.5.